The van der Waals surface area contributed by atoms with Crippen molar-refractivity contribution in [3.8, 4) is 0 Å². The minimum atomic E-state index is -1.11. The normalized spacial score (nSPS) is 13.2. The van der Waals surface area contributed by atoms with Crippen molar-refractivity contribution in [3.63, 3.8) is 0 Å². The lowest BCUT2D eigenvalue weighted by Gasteiger charge is -2.28. The quantitative estimate of drug-likeness (QED) is 0.640. The zero-order valence-corrected chi connectivity index (χ0v) is 12.0. The number of carboxylic acids is 1. The Hall–Kier alpha value is -2.10. The summed E-state index contributed by atoms with van der Waals surface area (Å²) in [7, 11) is 0. The Morgan fingerprint density at radius 1 is 1.30 bits per heavy atom. The largest absolute Gasteiger partial charge is 0.481 e. The highest BCUT2D eigenvalue weighted by Gasteiger charge is 2.38. The fraction of sp³-hybridized carbons (Fsp3) is 0.375. The van der Waals surface area contributed by atoms with Gasteiger partial charge in [0, 0.05) is 6.08 Å². The first-order valence-corrected chi connectivity index (χ1v) is 6.55. The van der Waals surface area contributed by atoms with Gasteiger partial charge < -0.3 is 9.84 Å². The molecule has 1 atom stereocenters. The number of hydrogen-bond donors (Lipinski definition) is 1. The summed E-state index contributed by atoms with van der Waals surface area (Å²) < 4.78 is 5.24. The van der Waals surface area contributed by atoms with E-state index >= 15 is 0 Å². The van der Waals surface area contributed by atoms with Gasteiger partial charge in [0.05, 0.1) is 5.41 Å². The summed E-state index contributed by atoms with van der Waals surface area (Å²) in [5.41, 5.74) is -0.222. The van der Waals surface area contributed by atoms with Gasteiger partial charge in [-0.3, -0.25) is 4.79 Å². The van der Waals surface area contributed by atoms with E-state index in [2.05, 4.69) is 0 Å². The van der Waals surface area contributed by atoms with Crippen LogP contribution in [-0.2, 0) is 14.3 Å². The van der Waals surface area contributed by atoms with Crippen molar-refractivity contribution >= 4 is 18.0 Å². The SMILES string of the molecule is CCC(OC(=O)/C=C/c1ccccc1)C(C)(C)C(=O)O. The lowest BCUT2D eigenvalue weighted by molar-refractivity contribution is -0.163. The van der Waals surface area contributed by atoms with E-state index < -0.39 is 23.5 Å². The van der Waals surface area contributed by atoms with Crippen LogP contribution in [0.4, 0.5) is 0 Å². The van der Waals surface area contributed by atoms with Gasteiger partial charge >= 0.3 is 11.9 Å². The molecule has 0 fully saturated rings. The number of carbonyl (C=O) groups excluding carboxylic acids is 1. The molecule has 0 aliphatic rings. The Bertz CT molecular complexity index is 488. The number of carbonyl (C=O) groups is 2. The molecule has 1 unspecified atom stereocenters. The van der Waals surface area contributed by atoms with Crippen molar-refractivity contribution in [2.24, 2.45) is 5.41 Å². The summed E-state index contributed by atoms with van der Waals surface area (Å²) in [6, 6.07) is 9.35. The third-order valence-electron chi connectivity index (χ3n) is 3.20. The van der Waals surface area contributed by atoms with Crippen molar-refractivity contribution in [1.29, 1.82) is 0 Å². The highest BCUT2D eigenvalue weighted by Crippen LogP contribution is 2.26. The molecule has 0 radical (unpaired) electrons. The molecule has 0 saturated carbocycles. The number of esters is 1. The number of benzene rings is 1. The van der Waals surface area contributed by atoms with Gasteiger partial charge in [-0.1, -0.05) is 37.3 Å². The van der Waals surface area contributed by atoms with Gasteiger partial charge in [-0.2, -0.15) is 0 Å². The van der Waals surface area contributed by atoms with Gasteiger partial charge in [0.25, 0.3) is 0 Å². The lowest BCUT2D eigenvalue weighted by atomic mass is 9.85. The minimum Gasteiger partial charge on any atom is -0.481 e. The molecule has 0 amide bonds. The highest BCUT2D eigenvalue weighted by molar-refractivity contribution is 5.87. The van der Waals surface area contributed by atoms with E-state index in [1.807, 2.05) is 30.3 Å². The van der Waals surface area contributed by atoms with Gasteiger partial charge in [-0.15, -0.1) is 0 Å². The maximum absolute atomic E-state index is 11.8. The maximum atomic E-state index is 11.8. The summed E-state index contributed by atoms with van der Waals surface area (Å²) in [6.07, 6.45) is 2.75. The Morgan fingerprint density at radius 3 is 2.40 bits per heavy atom. The average Bonchev–Trinajstić information content (AvgIpc) is 2.43. The third-order valence-corrected chi connectivity index (χ3v) is 3.20. The second-order valence-electron chi connectivity index (χ2n) is 5.10. The van der Waals surface area contributed by atoms with Crippen LogP contribution in [0.15, 0.2) is 36.4 Å². The van der Waals surface area contributed by atoms with Crippen molar-refractivity contribution in [2.45, 2.75) is 33.3 Å². The van der Waals surface area contributed by atoms with Crippen LogP contribution in [0.25, 0.3) is 6.08 Å². The third kappa shape index (κ3) is 4.23. The van der Waals surface area contributed by atoms with Crippen LogP contribution in [-0.4, -0.2) is 23.1 Å². The Kier molecular flexibility index (Phi) is 5.50. The lowest BCUT2D eigenvalue weighted by Crippen LogP contribution is -2.39. The molecule has 0 spiro atoms. The summed E-state index contributed by atoms with van der Waals surface area (Å²) in [4.78, 5) is 22.9. The standard InChI is InChI=1S/C16H20O4/c1-4-13(16(2,3)15(18)19)20-14(17)11-10-12-8-6-5-7-9-12/h5-11,13H,4H2,1-3H3,(H,18,19)/b11-10+. The van der Waals surface area contributed by atoms with E-state index in [1.54, 1.807) is 26.8 Å². The molecule has 0 aliphatic carbocycles. The highest BCUT2D eigenvalue weighted by atomic mass is 16.5. The van der Waals surface area contributed by atoms with E-state index in [-0.39, 0.29) is 0 Å². The van der Waals surface area contributed by atoms with Crippen LogP contribution in [0.1, 0.15) is 32.8 Å². The number of carboxylic acid groups (broad SMARTS) is 1. The molecule has 0 heterocycles. The van der Waals surface area contributed by atoms with E-state index in [9.17, 15) is 9.59 Å². The molecule has 1 rings (SSSR count). The van der Waals surface area contributed by atoms with Gasteiger partial charge in [-0.25, -0.2) is 4.79 Å². The predicted molar refractivity (Wildman–Crippen MR) is 77.1 cm³/mol. The maximum Gasteiger partial charge on any atom is 0.331 e. The number of aliphatic carboxylic acids is 1. The van der Waals surface area contributed by atoms with Crippen LogP contribution in [0.3, 0.4) is 0 Å². The average molecular weight is 276 g/mol. The molecular weight excluding hydrogens is 256 g/mol. The zero-order chi connectivity index (χ0) is 15.2. The summed E-state index contributed by atoms with van der Waals surface area (Å²) in [5, 5.41) is 9.15. The molecule has 4 heteroatoms. The van der Waals surface area contributed by atoms with Gasteiger partial charge in [0.1, 0.15) is 6.10 Å². The Morgan fingerprint density at radius 2 is 1.90 bits per heavy atom. The van der Waals surface area contributed by atoms with Gasteiger partial charge in [0.15, 0.2) is 0 Å². The second kappa shape index (κ2) is 6.89. The predicted octanol–water partition coefficient (Wildman–Crippen LogP) is 3.13. The fourth-order valence-electron chi connectivity index (χ4n) is 1.79. The monoisotopic (exact) mass is 276 g/mol. The Labute approximate surface area is 119 Å². The molecule has 1 aromatic rings. The van der Waals surface area contributed by atoms with Crippen LogP contribution >= 0.6 is 0 Å². The van der Waals surface area contributed by atoms with Gasteiger partial charge in [0.2, 0.25) is 0 Å². The summed E-state index contributed by atoms with van der Waals surface area (Å²) >= 11 is 0. The van der Waals surface area contributed by atoms with E-state index in [4.69, 9.17) is 9.84 Å². The minimum absolute atomic E-state index is 0.449. The molecule has 0 saturated heterocycles. The Balaban J connectivity index is 2.69. The molecule has 0 aliphatic heterocycles. The number of rotatable bonds is 6. The first kappa shape index (κ1) is 16.0. The molecule has 0 aromatic heterocycles. The van der Waals surface area contributed by atoms with Crippen LogP contribution in [0.2, 0.25) is 0 Å². The van der Waals surface area contributed by atoms with E-state index in [0.29, 0.717) is 6.42 Å². The van der Waals surface area contributed by atoms with Crippen molar-refractivity contribution < 1.29 is 19.4 Å². The first-order valence-electron chi connectivity index (χ1n) is 6.55. The summed E-state index contributed by atoms with van der Waals surface area (Å²) in [6.45, 7) is 4.90. The fourth-order valence-corrected chi connectivity index (χ4v) is 1.79. The molecule has 108 valence electrons. The topological polar surface area (TPSA) is 63.6 Å². The van der Waals surface area contributed by atoms with Crippen LogP contribution < -0.4 is 0 Å². The summed E-state index contributed by atoms with van der Waals surface area (Å²) in [5.74, 6) is -1.51. The molecule has 1 aromatic carbocycles. The van der Waals surface area contributed by atoms with E-state index in [0.717, 1.165) is 5.56 Å². The molecule has 20 heavy (non-hydrogen) atoms. The van der Waals surface area contributed by atoms with Gasteiger partial charge in [-0.05, 0) is 31.9 Å². The first-order chi connectivity index (χ1) is 9.37. The van der Waals surface area contributed by atoms with Crippen LogP contribution in [0.5, 0.6) is 0 Å². The van der Waals surface area contributed by atoms with Crippen molar-refractivity contribution in [1.82, 2.24) is 0 Å². The number of hydrogen-bond acceptors (Lipinski definition) is 3. The molecular formula is C16H20O4. The number of ether oxygens (including phenoxy) is 1. The second-order valence-corrected chi connectivity index (χ2v) is 5.10. The molecule has 0 bridgehead atoms. The molecule has 4 nitrogen and oxygen atoms in total. The molecule has 1 N–H and O–H groups in total. The van der Waals surface area contributed by atoms with E-state index in [1.165, 1.54) is 6.08 Å². The van der Waals surface area contributed by atoms with Crippen molar-refractivity contribution in [3.05, 3.63) is 42.0 Å². The van der Waals surface area contributed by atoms with Crippen molar-refractivity contribution in [2.75, 3.05) is 0 Å². The smallest absolute Gasteiger partial charge is 0.331 e. The zero-order valence-electron chi connectivity index (χ0n) is 12.0. The van der Waals surface area contributed by atoms with Crippen LogP contribution in [0, 0.1) is 5.41 Å².